The lowest BCUT2D eigenvalue weighted by Crippen LogP contribution is -2.44. The highest BCUT2D eigenvalue weighted by Crippen LogP contribution is 2.44. The third-order valence-electron chi connectivity index (χ3n) is 8.30. The van der Waals surface area contributed by atoms with Gasteiger partial charge in [-0.3, -0.25) is 14.5 Å². The number of ether oxygens (including phenoxy) is 4. The van der Waals surface area contributed by atoms with Crippen LogP contribution in [0.25, 0.3) is 0 Å². The molecule has 3 atom stereocenters. The standard InChI is InChI=1S/C31H40N2O7/c1-3-5-14-32(15-6-4-2)28(34)18-33-17-23(22-11-13-25-27(16-22)39-19-37-25)29(31(35)36)24(33)12-10-21-8-7-9-26-30(21)40-20-38-26/h7-9,11,13,16,23-24,29H,3-6,10,12,14-15,17-20H2,1-2H3,(H,35,36). The van der Waals surface area contributed by atoms with Gasteiger partial charge in [-0.05, 0) is 55.0 Å². The van der Waals surface area contributed by atoms with Crippen molar-refractivity contribution >= 4 is 11.9 Å². The Bertz CT molecular complexity index is 1190. The lowest BCUT2D eigenvalue weighted by Gasteiger charge is -2.30. The Labute approximate surface area is 235 Å². The highest BCUT2D eigenvalue weighted by atomic mass is 16.7. The van der Waals surface area contributed by atoms with E-state index in [0.717, 1.165) is 55.6 Å². The summed E-state index contributed by atoms with van der Waals surface area (Å²) in [5.41, 5.74) is 1.88. The van der Waals surface area contributed by atoms with Crippen LogP contribution < -0.4 is 18.9 Å². The summed E-state index contributed by atoms with van der Waals surface area (Å²) in [6.07, 6.45) is 5.14. The van der Waals surface area contributed by atoms with Gasteiger partial charge in [0.1, 0.15) is 0 Å². The van der Waals surface area contributed by atoms with Gasteiger partial charge in [0.05, 0.1) is 12.5 Å². The van der Waals surface area contributed by atoms with Gasteiger partial charge in [-0.15, -0.1) is 0 Å². The van der Waals surface area contributed by atoms with Gasteiger partial charge in [0.15, 0.2) is 23.0 Å². The van der Waals surface area contributed by atoms with Crippen molar-refractivity contribution in [3.05, 3.63) is 47.5 Å². The van der Waals surface area contributed by atoms with E-state index in [9.17, 15) is 14.7 Å². The summed E-state index contributed by atoms with van der Waals surface area (Å²) in [7, 11) is 0. The molecule has 1 amide bonds. The number of amides is 1. The molecular weight excluding hydrogens is 512 g/mol. The maximum atomic E-state index is 13.6. The molecule has 3 unspecified atom stereocenters. The van der Waals surface area contributed by atoms with Gasteiger partial charge in [0.25, 0.3) is 0 Å². The number of carbonyl (C=O) groups excluding carboxylic acids is 1. The average molecular weight is 553 g/mol. The largest absolute Gasteiger partial charge is 0.481 e. The van der Waals surface area contributed by atoms with Crippen molar-refractivity contribution in [3.63, 3.8) is 0 Å². The van der Waals surface area contributed by atoms with Crippen LogP contribution >= 0.6 is 0 Å². The molecule has 0 aliphatic carbocycles. The smallest absolute Gasteiger partial charge is 0.308 e. The van der Waals surface area contributed by atoms with Crippen LogP contribution in [0.5, 0.6) is 23.0 Å². The van der Waals surface area contributed by atoms with Gasteiger partial charge in [-0.2, -0.15) is 0 Å². The summed E-state index contributed by atoms with van der Waals surface area (Å²) in [5.74, 6) is 0.996. The van der Waals surface area contributed by atoms with Crippen LogP contribution in [0.15, 0.2) is 36.4 Å². The van der Waals surface area contributed by atoms with Crippen LogP contribution in [0.2, 0.25) is 0 Å². The maximum absolute atomic E-state index is 13.6. The number of unbranched alkanes of at least 4 members (excludes halogenated alkanes) is 2. The number of hydrogen-bond donors (Lipinski definition) is 1. The number of rotatable bonds is 13. The molecule has 3 aliphatic heterocycles. The third-order valence-corrected chi connectivity index (χ3v) is 8.30. The fourth-order valence-corrected chi connectivity index (χ4v) is 6.16. The van der Waals surface area contributed by atoms with Gasteiger partial charge in [-0.25, -0.2) is 0 Å². The van der Waals surface area contributed by atoms with Gasteiger partial charge < -0.3 is 29.0 Å². The SMILES string of the molecule is CCCCN(CCCC)C(=O)CN1CC(c2ccc3c(c2)OCO3)C(C(=O)O)C1CCc1cccc2c1OCO2. The third kappa shape index (κ3) is 5.99. The second-order valence-corrected chi connectivity index (χ2v) is 10.9. The topological polar surface area (TPSA) is 97.8 Å². The fourth-order valence-electron chi connectivity index (χ4n) is 6.16. The summed E-state index contributed by atoms with van der Waals surface area (Å²) in [5, 5.41) is 10.5. The number of aryl methyl sites for hydroxylation is 1. The molecule has 0 spiro atoms. The molecule has 1 fully saturated rings. The normalized spacial score (nSPS) is 21.1. The second-order valence-electron chi connectivity index (χ2n) is 10.9. The van der Waals surface area contributed by atoms with Crippen LogP contribution in [0.3, 0.4) is 0 Å². The summed E-state index contributed by atoms with van der Waals surface area (Å²) in [6.45, 7) is 6.75. The number of likely N-dealkylation sites (tertiary alicyclic amines) is 1. The Morgan fingerprint density at radius 2 is 1.68 bits per heavy atom. The van der Waals surface area contributed by atoms with E-state index in [4.69, 9.17) is 18.9 Å². The monoisotopic (exact) mass is 552 g/mol. The lowest BCUT2D eigenvalue weighted by molar-refractivity contribution is -0.143. The molecule has 5 rings (SSSR count). The number of fused-ring (bicyclic) bond motifs is 2. The van der Waals surface area contributed by atoms with E-state index in [2.05, 4.69) is 18.7 Å². The summed E-state index contributed by atoms with van der Waals surface area (Å²) < 4.78 is 22.3. The number of carbonyl (C=O) groups is 2. The number of benzene rings is 2. The molecule has 2 aromatic rings. The zero-order chi connectivity index (χ0) is 28.1. The molecule has 3 heterocycles. The molecule has 1 saturated heterocycles. The van der Waals surface area contributed by atoms with E-state index in [0.29, 0.717) is 36.6 Å². The molecule has 0 bridgehead atoms. The Kier molecular flexibility index (Phi) is 8.99. The van der Waals surface area contributed by atoms with Crippen LogP contribution in [0.1, 0.15) is 63.0 Å². The molecule has 0 aromatic heterocycles. The number of para-hydroxylation sites is 1. The molecule has 0 saturated carbocycles. The molecule has 9 nitrogen and oxygen atoms in total. The van der Waals surface area contributed by atoms with Gasteiger partial charge in [0, 0.05) is 31.6 Å². The summed E-state index contributed by atoms with van der Waals surface area (Å²) >= 11 is 0. The first-order valence-electron chi connectivity index (χ1n) is 14.5. The van der Waals surface area contributed by atoms with Gasteiger partial charge in [0.2, 0.25) is 19.5 Å². The minimum absolute atomic E-state index is 0.0692. The van der Waals surface area contributed by atoms with E-state index in [-0.39, 0.29) is 38.0 Å². The van der Waals surface area contributed by atoms with E-state index >= 15 is 0 Å². The molecule has 0 radical (unpaired) electrons. The molecule has 9 heteroatoms. The number of nitrogens with zero attached hydrogens (tertiary/aromatic N) is 2. The number of carboxylic acids is 1. The Morgan fingerprint density at radius 1 is 0.950 bits per heavy atom. The van der Waals surface area contributed by atoms with Crippen LogP contribution in [-0.2, 0) is 16.0 Å². The highest BCUT2D eigenvalue weighted by molar-refractivity contribution is 5.79. The molecule has 216 valence electrons. The zero-order valence-electron chi connectivity index (χ0n) is 23.5. The first kappa shape index (κ1) is 28.1. The molecule has 1 N–H and O–H groups in total. The van der Waals surface area contributed by atoms with E-state index in [1.54, 1.807) is 0 Å². The van der Waals surface area contributed by atoms with Crippen LogP contribution in [-0.4, -0.2) is 72.6 Å². The Hall–Kier alpha value is -3.46. The fraction of sp³-hybridized carbons (Fsp3) is 0.548. The first-order chi connectivity index (χ1) is 19.5. The zero-order valence-corrected chi connectivity index (χ0v) is 23.5. The predicted molar refractivity (Wildman–Crippen MR) is 149 cm³/mol. The summed E-state index contributed by atoms with van der Waals surface area (Å²) in [6, 6.07) is 11.2. The number of hydrogen-bond acceptors (Lipinski definition) is 7. The van der Waals surface area contributed by atoms with Crippen LogP contribution in [0.4, 0.5) is 0 Å². The molecule has 2 aromatic carbocycles. The van der Waals surface area contributed by atoms with Crippen molar-refractivity contribution in [1.29, 1.82) is 0 Å². The number of carboxylic acid groups (broad SMARTS) is 1. The Balaban J connectivity index is 1.41. The molecule has 3 aliphatic rings. The quantitative estimate of drug-likeness (QED) is 0.383. The van der Waals surface area contributed by atoms with Gasteiger partial charge in [-0.1, -0.05) is 44.9 Å². The minimum atomic E-state index is -0.852. The second kappa shape index (κ2) is 12.8. The number of aliphatic carboxylic acids is 1. The van der Waals surface area contributed by atoms with Crippen molar-refractivity contribution < 1.29 is 33.6 Å². The van der Waals surface area contributed by atoms with Crippen molar-refractivity contribution in [2.24, 2.45) is 5.92 Å². The Morgan fingerprint density at radius 3 is 2.42 bits per heavy atom. The summed E-state index contributed by atoms with van der Waals surface area (Å²) in [4.78, 5) is 30.5. The molecular formula is C31H40N2O7. The average Bonchev–Trinajstić information content (AvgIpc) is 3.70. The maximum Gasteiger partial charge on any atom is 0.308 e. The van der Waals surface area contributed by atoms with Crippen molar-refractivity contribution in [3.8, 4) is 23.0 Å². The lowest BCUT2D eigenvalue weighted by atomic mass is 9.83. The highest BCUT2D eigenvalue weighted by Gasteiger charge is 2.47. The first-order valence-corrected chi connectivity index (χ1v) is 14.5. The predicted octanol–water partition coefficient (Wildman–Crippen LogP) is 4.67. The van der Waals surface area contributed by atoms with Crippen molar-refractivity contribution in [1.82, 2.24) is 9.80 Å². The van der Waals surface area contributed by atoms with Crippen LogP contribution in [0, 0.1) is 5.92 Å². The minimum Gasteiger partial charge on any atom is -0.481 e. The van der Waals surface area contributed by atoms with Crippen molar-refractivity contribution in [2.45, 2.75) is 64.3 Å². The van der Waals surface area contributed by atoms with Gasteiger partial charge >= 0.3 is 5.97 Å². The van der Waals surface area contributed by atoms with E-state index < -0.39 is 11.9 Å². The van der Waals surface area contributed by atoms with E-state index in [1.165, 1.54) is 0 Å². The van der Waals surface area contributed by atoms with E-state index in [1.807, 2.05) is 41.3 Å². The van der Waals surface area contributed by atoms with Crippen molar-refractivity contribution in [2.75, 3.05) is 39.8 Å². The molecule has 40 heavy (non-hydrogen) atoms.